The van der Waals surface area contributed by atoms with Crippen molar-refractivity contribution in [2.75, 3.05) is 6.61 Å². The monoisotopic (exact) mass is 407 g/mol. The second-order valence-corrected chi connectivity index (χ2v) is 8.61. The molecule has 0 unspecified atom stereocenters. The molecule has 162 valence electrons. The van der Waals surface area contributed by atoms with Gasteiger partial charge in [0, 0.05) is 6.61 Å². The molecule has 29 heavy (non-hydrogen) atoms. The van der Waals surface area contributed by atoms with Crippen molar-refractivity contribution in [3.63, 3.8) is 0 Å². The van der Waals surface area contributed by atoms with E-state index in [2.05, 4.69) is 0 Å². The molecule has 2 amide bonds. The van der Waals surface area contributed by atoms with Crippen LogP contribution in [0, 0.1) is 11.8 Å². The van der Waals surface area contributed by atoms with E-state index in [1.54, 1.807) is 26.8 Å². The van der Waals surface area contributed by atoms with Gasteiger partial charge in [-0.1, -0.05) is 20.3 Å². The number of amides is 2. The first-order chi connectivity index (χ1) is 13.6. The Bertz CT molecular complexity index is 693. The molecule has 1 N–H and O–H groups in total. The van der Waals surface area contributed by atoms with Gasteiger partial charge in [0.15, 0.2) is 11.9 Å². The second kappa shape index (κ2) is 9.57. The fraction of sp³-hybridized carbons (Fsp3) is 0.682. The number of unbranched alkanes of at least 4 members (excludes halogenated alkanes) is 3. The van der Waals surface area contributed by atoms with E-state index in [0.29, 0.717) is 5.76 Å². The van der Waals surface area contributed by atoms with Crippen molar-refractivity contribution in [1.29, 1.82) is 0 Å². The third-order valence-corrected chi connectivity index (χ3v) is 5.41. The summed E-state index contributed by atoms with van der Waals surface area (Å²) in [6, 6.07) is -0.416. The quantitative estimate of drug-likeness (QED) is 0.620. The largest absolute Gasteiger partial charge is 0.482 e. The lowest BCUT2D eigenvalue weighted by Crippen LogP contribution is -2.52. The van der Waals surface area contributed by atoms with Crippen molar-refractivity contribution in [2.45, 2.75) is 78.0 Å². The summed E-state index contributed by atoms with van der Waals surface area (Å²) in [4.78, 5) is 39.1. The molecule has 2 heterocycles. The highest BCUT2D eigenvalue weighted by Gasteiger charge is 2.53. The third kappa shape index (κ3) is 5.26. The van der Waals surface area contributed by atoms with Crippen LogP contribution in [0.5, 0.6) is 0 Å². The van der Waals surface area contributed by atoms with E-state index in [1.165, 1.54) is 6.08 Å². The molecular formula is C22H33NO6. The van der Waals surface area contributed by atoms with Crippen molar-refractivity contribution in [2.24, 2.45) is 11.8 Å². The standard InChI is InChI=1S/C22H33NO6/c1-14(2)19-22(4,5)29-21(27)23(19)20(26)15(3)18-17(25)12-11-16(28-18)10-8-6-7-9-13-24/h10-12,14-15,18-19,24H,6-9,13H2,1-5H3/t15-,18-,19-/m0/s1. The highest BCUT2D eigenvalue weighted by Crippen LogP contribution is 2.36. The smallest absolute Gasteiger partial charge is 0.417 e. The van der Waals surface area contributed by atoms with E-state index >= 15 is 0 Å². The molecule has 0 bridgehead atoms. The Morgan fingerprint density at radius 1 is 1.21 bits per heavy atom. The molecule has 0 aromatic carbocycles. The number of allylic oxidation sites excluding steroid dienone is 2. The lowest BCUT2D eigenvalue weighted by atomic mass is 9.87. The summed E-state index contributed by atoms with van der Waals surface area (Å²) in [5.41, 5.74) is -0.794. The summed E-state index contributed by atoms with van der Waals surface area (Å²) < 4.78 is 11.2. The number of imide groups is 1. The van der Waals surface area contributed by atoms with E-state index in [-0.39, 0.29) is 18.3 Å². The number of nitrogens with zero attached hydrogens (tertiary/aromatic N) is 1. The Kier molecular flexibility index (Phi) is 7.63. The van der Waals surface area contributed by atoms with Crippen LogP contribution in [0.1, 0.15) is 60.3 Å². The van der Waals surface area contributed by atoms with Gasteiger partial charge < -0.3 is 14.6 Å². The summed E-state index contributed by atoms with van der Waals surface area (Å²) >= 11 is 0. The molecule has 0 aromatic rings. The Morgan fingerprint density at radius 2 is 1.90 bits per heavy atom. The summed E-state index contributed by atoms with van der Waals surface area (Å²) in [6.45, 7) is 9.23. The number of ether oxygens (including phenoxy) is 2. The van der Waals surface area contributed by atoms with E-state index in [9.17, 15) is 14.4 Å². The van der Waals surface area contributed by atoms with Gasteiger partial charge >= 0.3 is 6.09 Å². The fourth-order valence-corrected chi connectivity index (χ4v) is 4.08. The SMILES string of the molecule is CC(C)[C@@H]1N(C(=O)[C@@H](C)[C@@H]2OC(=CCCCCCO)C=CC2=O)C(=O)OC1(C)C. The van der Waals surface area contributed by atoms with Gasteiger partial charge in [0.2, 0.25) is 5.91 Å². The summed E-state index contributed by atoms with van der Waals surface area (Å²) in [6.07, 6.45) is 6.58. The van der Waals surface area contributed by atoms with Crippen molar-refractivity contribution in [1.82, 2.24) is 4.90 Å². The first-order valence-electron chi connectivity index (χ1n) is 10.4. The highest BCUT2D eigenvalue weighted by molar-refractivity contribution is 6.02. The van der Waals surface area contributed by atoms with Crippen LogP contribution < -0.4 is 0 Å². The average molecular weight is 408 g/mol. The molecule has 2 rings (SSSR count). The van der Waals surface area contributed by atoms with Crippen LogP contribution in [0.25, 0.3) is 0 Å². The van der Waals surface area contributed by atoms with E-state index in [0.717, 1.165) is 30.6 Å². The van der Waals surface area contributed by atoms with Gasteiger partial charge in [0.1, 0.15) is 11.4 Å². The lowest BCUT2D eigenvalue weighted by Gasteiger charge is -2.33. The number of rotatable bonds is 8. The van der Waals surface area contributed by atoms with Crippen LogP contribution in [0.2, 0.25) is 0 Å². The Morgan fingerprint density at radius 3 is 2.52 bits per heavy atom. The minimum Gasteiger partial charge on any atom is -0.482 e. The predicted octanol–water partition coefficient (Wildman–Crippen LogP) is 3.37. The van der Waals surface area contributed by atoms with Crippen LogP contribution >= 0.6 is 0 Å². The molecule has 0 aliphatic carbocycles. The summed E-state index contributed by atoms with van der Waals surface area (Å²) in [5.74, 6) is -1.04. The fourth-order valence-electron chi connectivity index (χ4n) is 4.08. The van der Waals surface area contributed by atoms with Gasteiger partial charge in [-0.15, -0.1) is 0 Å². The van der Waals surface area contributed by atoms with Gasteiger partial charge in [-0.05, 0) is 64.2 Å². The zero-order valence-electron chi connectivity index (χ0n) is 18.0. The summed E-state index contributed by atoms with van der Waals surface area (Å²) in [5, 5.41) is 8.83. The van der Waals surface area contributed by atoms with Crippen LogP contribution in [0.3, 0.4) is 0 Å². The second-order valence-electron chi connectivity index (χ2n) is 8.61. The number of hydrogen-bond acceptors (Lipinski definition) is 6. The molecule has 3 atom stereocenters. The molecule has 0 spiro atoms. The first kappa shape index (κ1) is 23.1. The molecule has 7 nitrogen and oxygen atoms in total. The molecule has 7 heteroatoms. The van der Waals surface area contributed by atoms with Gasteiger partial charge in [-0.3, -0.25) is 9.59 Å². The number of ketones is 1. The van der Waals surface area contributed by atoms with Crippen molar-refractivity contribution in [3.8, 4) is 0 Å². The van der Waals surface area contributed by atoms with Crippen LogP contribution in [-0.2, 0) is 19.1 Å². The maximum atomic E-state index is 13.2. The van der Waals surface area contributed by atoms with Gasteiger partial charge in [-0.2, -0.15) is 0 Å². The Hall–Kier alpha value is -2.15. The Labute approximate surface area is 172 Å². The maximum Gasteiger partial charge on any atom is 0.417 e. The first-order valence-corrected chi connectivity index (χ1v) is 10.4. The molecule has 2 aliphatic rings. The molecule has 1 fully saturated rings. The lowest BCUT2D eigenvalue weighted by molar-refractivity contribution is -0.143. The van der Waals surface area contributed by atoms with Gasteiger partial charge in [0.05, 0.1) is 12.0 Å². The maximum absolute atomic E-state index is 13.2. The van der Waals surface area contributed by atoms with Crippen molar-refractivity contribution >= 4 is 17.8 Å². The average Bonchev–Trinajstić information content (AvgIpc) is 2.90. The highest BCUT2D eigenvalue weighted by atomic mass is 16.6. The number of hydrogen-bond donors (Lipinski definition) is 1. The van der Waals surface area contributed by atoms with Crippen LogP contribution in [-0.4, -0.2) is 52.1 Å². The van der Waals surface area contributed by atoms with Crippen molar-refractivity contribution < 1.29 is 29.0 Å². The van der Waals surface area contributed by atoms with E-state index in [4.69, 9.17) is 14.6 Å². The predicted molar refractivity (Wildman–Crippen MR) is 108 cm³/mol. The van der Waals surface area contributed by atoms with Crippen LogP contribution in [0.4, 0.5) is 4.79 Å². The van der Waals surface area contributed by atoms with Gasteiger partial charge in [-0.25, -0.2) is 9.69 Å². The zero-order chi connectivity index (χ0) is 21.8. The molecule has 1 saturated heterocycles. The molecule has 0 saturated carbocycles. The Balaban J connectivity index is 2.11. The van der Waals surface area contributed by atoms with E-state index < -0.39 is 35.7 Å². The topological polar surface area (TPSA) is 93.1 Å². The number of aliphatic hydroxyl groups excluding tert-OH is 1. The van der Waals surface area contributed by atoms with Gasteiger partial charge in [0.25, 0.3) is 0 Å². The number of carbonyl (C=O) groups is 3. The van der Waals surface area contributed by atoms with Crippen LogP contribution in [0.15, 0.2) is 24.0 Å². The number of carbonyl (C=O) groups excluding carboxylic acids is 3. The van der Waals surface area contributed by atoms with E-state index in [1.807, 2.05) is 19.9 Å². The minimum absolute atomic E-state index is 0.00449. The number of aliphatic hydroxyl groups is 1. The normalized spacial score (nSPS) is 26.0. The molecule has 0 radical (unpaired) electrons. The zero-order valence-corrected chi connectivity index (χ0v) is 18.0. The molecular weight excluding hydrogens is 374 g/mol. The van der Waals surface area contributed by atoms with Crippen molar-refractivity contribution in [3.05, 3.63) is 24.0 Å². The summed E-state index contributed by atoms with van der Waals surface area (Å²) in [7, 11) is 0. The molecule has 0 aromatic heterocycles. The number of cyclic esters (lactones) is 1. The minimum atomic E-state index is -0.972. The third-order valence-electron chi connectivity index (χ3n) is 5.41. The molecule has 2 aliphatic heterocycles.